The van der Waals surface area contributed by atoms with Gasteiger partial charge in [-0.2, -0.15) is 0 Å². The maximum atomic E-state index is 6.09. The molecule has 0 aliphatic heterocycles. The Morgan fingerprint density at radius 1 is 1.38 bits per heavy atom. The van der Waals surface area contributed by atoms with E-state index in [4.69, 9.17) is 11.6 Å². The van der Waals surface area contributed by atoms with Crippen LogP contribution in [0.15, 0.2) is 22.0 Å². The van der Waals surface area contributed by atoms with Crippen LogP contribution in [-0.2, 0) is 5.33 Å². The van der Waals surface area contributed by atoms with E-state index in [-0.39, 0.29) is 0 Å². The van der Waals surface area contributed by atoms with Gasteiger partial charge in [-0.05, 0) is 27.6 Å². The lowest BCUT2D eigenvalue weighted by Crippen LogP contribution is -1.77. The normalized spacial score (nSPS) is 11.0. The minimum absolute atomic E-state index is 0.813. The average Bonchev–Trinajstić information content (AvgIpc) is 2.50. The lowest BCUT2D eigenvalue weighted by Gasteiger charge is -2.00. The number of alkyl halides is 1. The number of hydrogen-bond donors (Lipinski definition) is 0. The number of fused-ring (bicyclic) bond motifs is 1. The van der Waals surface area contributed by atoms with Crippen LogP contribution in [0.4, 0.5) is 0 Å². The predicted octanol–water partition coefficient (Wildman–Crippen LogP) is 5.21. The predicted molar refractivity (Wildman–Crippen MR) is 67.2 cm³/mol. The molecule has 1 heterocycles. The van der Waals surface area contributed by atoms with E-state index in [1.54, 1.807) is 11.3 Å². The molecule has 0 aliphatic carbocycles. The van der Waals surface area contributed by atoms with Crippen molar-refractivity contribution >= 4 is 64.9 Å². The van der Waals surface area contributed by atoms with E-state index in [0.717, 1.165) is 20.2 Å². The third-order valence-corrected chi connectivity index (χ3v) is 4.75. The monoisotopic (exact) mass is 338 g/mol. The molecule has 0 atom stereocenters. The minimum atomic E-state index is 0.813. The summed E-state index contributed by atoms with van der Waals surface area (Å²) in [6, 6.07) is 4.00. The van der Waals surface area contributed by atoms with Crippen molar-refractivity contribution in [1.82, 2.24) is 0 Å². The fourth-order valence-electron chi connectivity index (χ4n) is 1.23. The number of thiophene rings is 1. The van der Waals surface area contributed by atoms with E-state index in [1.165, 1.54) is 10.3 Å². The molecule has 1 aromatic carbocycles. The Kier molecular flexibility index (Phi) is 2.98. The van der Waals surface area contributed by atoms with Crippen LogP contribution < -0.4 is 0 Å². The van der Waals surface area contributed by atoms with Crippen LogP contribution in [0.3, 0.4) is 0 Å². The summed E-state index contributed by atoms with van der Waals surface area (Å²) < 4.78 is 2.34. The molecule has 1 aromatic heterocycles. The molecule has 0 saturated carbocycles. The molecular formula is C9H5Br2ClS. The van der Waals surface area contributed by atoms with Gasteiger partial charge in [0.25, 0.3) is 0 Å². The number of halogens is 3. The third-order valence-electron chi connectivity index (χ3n) is 1.85. The van der Waals surface area contributed by atoms with Gasteiger partial charge in [-0.15, -0.1) is 11.3 Å². The summed E-state index contributed by atoms with van der Waals surface area (Å²) in [5.74, 6) is 0. The van der Waals surface area contributed by atoms with E-state index in [9.17, 15) is 0 Å². The van der Waals surface area contributed by atoms with E-state index >= 15 is 0 Å². The maximum Gasteiger partial charge on any atom is 0.0504 e. The Hall–Kier alpha value is 0.430. The Labute approximate surface area is 102 Å². The summed E-state index contributed by atoms with van der Waals surface area (Å²) in [5, 5.41) is 4.88. The molecule has 0 unspecified atom stereocenters. The first-order valence-corrected chi connectivity index (χ1v) is 6.81. The largest absolute Gasteiger partial charge is 0.142 e. The van der Waals surface area contributed by atoms with Crippen molar-refractivity contribution < 1.29 is 0 Å². The highest BCUT2D eigenvalue weighted by molar-refractivity contribution is 9.10. The van der Waals surface area contributed by atoms with Crippen LogP contribution in [0.5, 0.6) is 0 Å². The summed E-state index contributed by atoms with van der Waals surface area (Å²) >= 11 is 14.8. The third kappa shape index (κ3) is 1.67. The molecule has 0 fully saturated rings. The van der Waals surface area contributed by atoms with Crippen molar-refractivity contribution in [2.24, 2.45) is 0 Å². The SMILES string of the molecule is Clc1ccc(CBr)c2scc(Br)c12. The van der Waals surface area contributed by atoms with Gasteiger partial charge in [0.05, 0.1) is 5.02 Å². The van der Waals surface area contributed by atoms with Crippen molar-refractivity contribution in [3.63, 3.8) is 0 Å². The fraction of sp³-hybridized carbons (Fsp3) is 0.111. The molecule has 2 aromatic rings. The molecule has 2 rings (SSSR count). The van der Waals surface area contributed by atoms with Crippen LogP contribution in [0, 0.1) is 0 Å². The molecule has 0 amide bonds. The Bertz CT molecular complexity index is 450. The highest BCUT2D eigenvalue weighted by Gasteiger charge is 2.08. The molecule has 0 aliphatic rings. The summed E-state index contributed by atoms with van der Waals surface area (Å²) in [6.07, 6.45) is 0. The van der Waals surface area contributed by atoms with Crippen molar-refractivity contribution in [3.8, 4) is 0 Å². The molecular weight excluding hydrogens is 335 g/mol. The van der Waals surface area contributed by atoms with Gasteiger partial charge in [0.2, 0.25) is 0 Å². The second kappa shape index (κ2) is 3.89. The van der Waals surface area contributed by atoms with Gasteiger partial charge in [-0.25, -0.2) is 0 Å². The smallest absolute Gasteiger partial charge is 0.0504 e. The zero-order chi connectivity index (χ0) is 9.42. The number of hydrogen-bond acceptors (Lipinski definition) is 1. The summed E-state index contributed by atoms with van der Waals surface area (Å²) in [6.45, 7) is 0. The van der Waals surface area contributed by atoms with E-state index in [1.807, 2.05) is 6.07 Å². The van der Waals surface area contributed by atoms with E-state index < -0.39 is 0 Å². The van der Waals surface area contributed by atoms with Gasteiger partial charge in [0, 0.05) is 25.3 Å². The van der Waals surface area contributed by atoms with Crippen LogP contribution in [0.25, 0.3) is 10.1 Å². The molecule has 13 heavy (non-hydrogen) atoms. The van der Waals surface area contributed by atoms with Gasteiger partial charge >= 0.3 is 0 Å². The van der Waals surface area contributed by atoms with Crippen LogP contribution >= 0.6 is 54.8 Å². The van der Waals surface area contributed by atoms with Crippen molar-refractivity contribution in [2.45, 2.75) is 5.33 Å². The van der Waals surface area contributed by atoms with Gasteiger partial charge in [0.1, 0.15) is 0 Å². The van der Waals surface area contributed by atoms with Crippen LogP contribution in [-0.4, -0.2) is 0 Å². The van der Waals surface area contributed by atoms with Crippen molar-refractivity contribution in [3.05, 3.63) is 32.6 Å². The van der Waals surface area contributed by atoms with E-state index in [2.05, 4.69) is 43.3 Å². The minimum Gasteiger partial charge on any atom is -0.142 e. The topological polar surface area (TPSA) is 0 Å². The van der Waals surface area contributed by atoms with Gasteiger partial charge in [0.15, 0.2) is 0 Å². The zero-order valence-electron chi connectivity index (χ0n) is 6.48. The highest BCUT2D eigenvalue weighted by Crippen LogP contribution is 2.38. The number of benzene rings is 1. The maximum absolute atomic E-state index is 6.09. The summed E-state index contributed by atoms with van der Waals surface area (Å²) in [4.78, 5) is 0. The molecule has 0 nitrogen and oxygen atoms in total. The van der Waals surface area contributed by atoms with Gasteiger partial charge in [-0.3, -0.25) is 0 Å². The summed E-state index contributed by atoms with van der Waals surface area (Å²) in [7, 11) is 0. The molecule has 0 bridgehead atoms. The van der Waals surface area contributed by atoms with E-state index in [0.29, 0.717) is 0 Å². The first-order valence-electron chi connectivity index (χ1n) is 3.64. The number of rotatable bonds is 1. The molecule has 0 radical (unpaired) electrons. The first-order chi connectivity index (χ1) is 6.24. The molecule has 0 saturated heterocycles. The zero-order valence-corrected chi connectivity index (χ0v) is 11.2. The van der Waals surface area contributed by atoms with Crippen molar-refractivity contribution in [1.29, 1.82) is 0 Å². The molecule has 0 spiro atoms. The quantitative estimate of drug-likeness (QED) is 0.625. The Morgan fingerprint density at radius 2 is 2.15 bits per heavy atom. The lowest BCUT2D eigenvalue weighted by molar-refractivity contribution is 1.51. The van der Waals surface area contributed by atoms with Crippen LogP contribution in [0.1, 0.15) is 5.56 Å². The molecule has 4 heteroatoms. The second-order valence-electron chi connectivity index (χ2n) is 2.63. The highest BCUT2D eigenvalue weighted by atomic mass is 79.9. The van der Waals surface area contributed by atoms with Crippen LogP contribution in [0.2, 0.25) is 5.02 Å². The van der Waals surface area contributed by atoms with Gasteiger partial charge < -0.3 is 0 Å². The molecule has 68 valence electrons. The first kappa shape index (κ1) is 9.97. The fourth-order valence-corrected chi connectivity index (χ4v) is 4.11. The standard InChI is InChI=1S/C9H5Br2ClS/c10-3-5-1-2-7(12)8-6(11)4-13-9(5)8/h1-2,4H,3H2. The molecule has 0 N–H and O–H groups in total. The summed E-state index contributed by atoms with van der Waals surface area (Å²) in [5.41, 5.74) is 1.29. The van der Waals surface area contributed by atoms with Gasteiger partial charge in [-0.1, -0.05) is 33.6 Å². The van der Waals surface area contributed by atoms with Crippen molar-refractivity contribution in [2.75, 3.05) is 0 Å². The Balaban J connectivity index is 2.87. The Morgan fingerprint density at radius 3 is 2.85 bits per heavy atom. The lowest BCUT2D eigenvalue weighted by atomic mass is 10.2. The average molecular weight is 340 g/mol. The second-order valence-corrected chi connectivity index (χ2v) is 5.33.